The van der Waals surface area contributed by atoms with Crippen LogP contribution >= 0.6 is 0 Å². The number of amides is 1. The van der Waals surface area contributed by atoms with Gasteiger partial charge in [0, 0.05) is 17.5 Å². The van der Waals surface area contributed by atoms with E-state index in [2.05, 4.69) is 12.2 Å². The van der Waals surface area contributed by atoms with Crippen LogP contribution < -0.4 is 5.32 Å². The Labute approximate surface area is 107 Å². The molecule has 0 radical (unpaired) electrons. The van der Waals surface area contributed by atoms with Crippen molar-refractivity contribution in [1.29, 1.82) is 0 Å². The van der Waals surface area contributed by atoms with Crippen LogP contribution in [0.4, 0.5) is 0 Å². The third-order valence-corrected chi connectivity index (χ3v) is 3.12. The van der Waals surface area contributed by atoms with E-state index in [-0.39, 0.29) is 5.91 Å². The van der Waals surface area contributed by atoms with Crippen molar-refractivity contribution in [1.82, 2.24) is 5.32 Å². The highest BCUT2D eigenvalue weighted by atomic mass is 16.3. The summed E-state index contributed by atoms with van der Waals surface area (Å²) in [5.41, 5.74) is 1.69. The van der Waals surface area contributed by atoms with Gasteiger partial charge < -0.3 is 9.73 Å². The third-order valence-electron chi connectivity index (χ3n) is 3.12. The average molecular weight is 245 g/mol. The summed E-state index contributed by atoms with van der Waals surface area (Å²) < 4.78 is 5.61. The van der Waals surface area contributed by atoms with Crippen LogP contribution in [0.3, 0.4) is 0 Å². The number of fused-ring (bicyclic) bond motifs is 1. The summed E-state index contributed by atoms with van der Waals surface area (Å²) in [5.74, 6) is 0.326. The first-order valence-corrected chi connectivity index (χ1v) is 6.50. The van der Waals surface area contributed by atoms with E-state index in [1.165, 1.54) is 0 Å². The molecule has 0 atom stereocenters. The molecule has 0 saturated heterocycles. The van der Waals surface area contributed by atoms with Crippen LogP contribution in [0.15, 0.2) is 28.7 Å². The van der Waals surface area contributed by atoms with Crippen LogP contribution in [0.5, 0.6) is 0 Å². The van der Waals surface area contributed by atoms with Crippen molar-refractivity contribution in [3.8, 4) is 0 Å². The number of carbonyl (C=O) groups is 1. The Morgan fingerprint density at radius 1 is 1.28 bits per heavy atom. The standard InChI is InChI=1S/C15H19NO2/c1-3-4-7-10-16-15(17)14-11(2)12-8-5-6-9-13(12)18-14/h5-6,8-9H,3-4,7,10H2,1-2H3,(H,16,17). The maximum absolute atomic E-state index is 12.0. The first kappa shape index (κ1) is 12.7. The lowest BCUT2D eigenvalue weighted by atomic mass is 10.1. The van der Waals surface area contributed by atoms with Crippen molar-refractivity contribution < 1.29 is 9.21 Å². The Bertz CT molecular complexity index is 542. The van der Waals surface area contributed by atoms with Crippen molar-refractivity contribution in [2.45, 2.75) is 33.1 Å². The third kappa shape index (κ3) is 2.55. The molecule has 0 aliphatic heterocycles. The second-order valence-electron chi connectivity index (χ2n) is 4.52. The maximum Gasteiger partial charge on any atom is 0.287 e. The fourth-order valence-corrected chi connectivity index (χ4v) is 2.05. The highest BCUT2D eigenvalue weighted by Crippen LogP contribution is 2.24. The highest BCUT2D eigenvalue weighted by Gasteiger charge is 2.16. The molecule has 0 spiro atoms. The van der Waals surface area contributed by atoms with Crippen LogP contribution in [0.1, 0.15) is 42.3 Å². The lowest BCUT2D eigenvalue weighted by Gasteiger charge is -2.02. The van der Waals surface area contributed by atoms with Gasteiger partial charge in [-0.1, -0.05) is 38.0 Å². The molecule has 2 rings (SSSR count). The van der Waals surface area contributed by atoms with Gasteiger partial charge in [0.05, 0.1) is 0 Å². The van der Waals surface area contributed by atoms with E-state index >= 15 is 0 Å². The second-order valence-corrected chi connectivity index (χ2v) is 4.52. The van der Waals surface area contributed by atoms with Gasteiger partial charge in [0.2, 0.25) is 0 Å². The topological polar surface area (TPSA) is 42.2 Å². The van der Waals surface area contributed by atoms with Crippen LogP contribution in [0.2, 0.25) is 0 Å². The maximum atomic E-state index is 12.0. The molecule has 3 heteroatoms. The predicted octanol–water partition coefficient (Wildman–Crippen LogP) is 3.66. The van der Waals surface area contributed by atoms with Gasteiger partial charge in [-0.2, -0.15) is 0 Å². The SMILES string of the molecule is CCCCCNC(=O)c1oc2ccccc2c1C. The van der Waals surface area contributed by atoms with Crippen molar-refractivity contribution in [3.63, 3.8) is 0 Å². The summed E-state index contributed by atoms with van der Waals surface area (Å²) in [4.78, 5) is 12.0. The second kappa shape index (κ2) is 5.71. The van der Waals surface area contributed by atoms with Gasteiger partial charge >= 0.3 is 0 Å². The number of para-hydroxylation sites is 1. The van der Waals surface area contributed by atoms with Crippen molar-refractivity contribution in [3.05, 3.63) is 35.6 Å². The molecule has 1 aromatic heterocycles. The van der Waals surface area contributed by atoms with Gasteiger partial charge in [0.1, 0.15) is 5.58 Å². The minimum Gasteiger partial charge on any atom is -0.451 e. The Kier molecular flexibility index (Phi) is 4.03. The minimum atomic E-state index is -0.111. The molecule has 3 nitrogen and oxygen atoms in total. The largest absolute Gasteiger partial charge is 0.451 e. The van der Waals surface area contributed by atoms with E-state index in [1.807, 2.05) is 31.2 Å². The molecule has 1 N–H and O–H groups in total. The summed E-state index contributed by atoms with van der Waals surface area (Å²) in [6, 6.07) is 7.72. The van der Waals surface area contributed by atoms with E-state index < -0.39 is 0 Å². The molecule has 0 aliphatic carbocycles. The lowest BCUT2D eigenvalue weighted by Crippen LogP contribution is -2.24. The number of rotatable bonds is 5. The summed E-state index contributed by atoms with van der Waals surface area (Å²) >= 11 is 0. The van der Waals surface area contributed by atoms with E-state index in [9.17, 15) is 4.79 Å². The number of nitrogens with one attached hydrogen (secondary N) is 1. The predicted molar refractivity (Wildman–Crippen MR) is 72.8 cm³/mol. The molecular weight excluding hydrogens is 226 g/mol. The molecule has 0 saturated carbocycles. The van der Waals surface area contributed by atoms with Gasteiger partial charge in [-0.3, -0.25) is 4.79 Å². The Hall–Kier alpha value is -1.77. The zero-order chi connectivity index (χ0) is 13.0. The summed E-state index contributed by atoms with van der Waals surface area (Å²) in [7, 11) is 0. The number of aryl methyl sites for hydroxylation is 1. The number of hydrogen-bond donors (Lipinski definition) is 1. The zero-order valence-electron chi connectivity index (χ0n) is 11.0. The van der Waals surface area contributed by atoms with Gasteiger partial charge in [-0.15, -0.1) is 0 Å². The molecule has 0 bridgehead atoms. The highest BCUT2D eigenvalue weighted by molar-refractivity contribution is 5.98. The fourth-order valence-electron chi connectivity index (χ4n) is 2.05. The molecule has 2 aromatic rings. The molecule has 1 heterocycles. The quantitative estimate of drug-likeness (QED) is 0.817. The van der Waals surface area contributed by atoms with E-state index in [0.29, 0.717) is 12.3 Å². The first-order valence-electron chi connectivity index (χ1n) is 6.50. The summed E-state index contributed by atoms with van der Waals surface area (Å²) in [6.45, 7) is 4.78. The fraction of sp³-hybridized carbons (Fsp3) is 0.400. The first-order chi connectivity index (χ1) is 8.74. The van der Waals surface area contributed by atoms with Crippen LogP contribution in [0, 0.1) is 6.92 Å². The molecule has 1 aromatic carbocycles. The van der Waals surface area contributed by atoms with E-state index in [1.54, 1.807) is 0 Å². The van der Waals surface area contributed by atoms with Gasteiger partial charge in [-0.05, 0) is 19.4 Å². The molecule has 96 valence electrons. The number of hydrogen-bond acceptors (Lipinski definition) is 2. The molecule has 18 heavy (non-hydrogen) atoms. The van der Waals surface area contributed by atoms with E-state index in [0.717, 1.165) is 35.8 Å². The van der Waals surface area contributed by atoms with Crippen molar-refractivity contribution in [2.24, 2.45) is 0 Å². The van der Waals surface area contributed by atoms with Gasteiger partial charge in [0.15, 0.2) is 5.76 Å². The Balaban J connectivity index is 2.10. The van der Waals surface area contributed by atoms with Crippen molar-refractivity contribution >= 4 is 16.9 Å². The molecule has 0 fully saturated rings. The minimum absolute atomic E-state index is 0.111. The van der Waals surface area contributed by atoms with Crippen LogP contribution in [-0.2, 0) is 0 Å². The van der Waals surface area contributed by atoms with Gasteiger partial charge in [0.25, 0.3) is 5.91 Å². The monoisotopic (exact) mass is 245 g/mol. The van der Waals surface area contributed by atoms with Crippen molar-refractivity contribution in [2.75, 3.05) is 6.54 Å². The number of unbranched alkanes of at least 4 members (excludes halogenated alkanes) is 2. The number of carbonyl (C=O) groups excluding carboxylic acids is 1. The summed E-state index contributed by atoms with van der Waals surface area (Å²) in [5, 5.41) is 3.91. The summed E-state index contributed by atoms with van der Waals surface area (Å²) in [6.07, 6.45) is 3.31. The average Bonchev–Trinajstić information content (AvgIpc) is 2.73. The molecule has 1 amide bonds. The Morgan fingerprint density at radius 2 is 2.06 bits per heavy atom. The van der Waals surface area contributed by atoms with Crippen LogP contribution in [0.25, 0.3) is 11.0 Å². The smallest absolute Gasteiger partial charge is 0.287 e. The van der Waals surface area contributed by atoms with E-state index in [4.69, 9.17) is 4.42 Å². The number of benzene rings is 1. The normalized spacial score (nSPS) is 10.8. The molecule has 0 unspecified atom stereocenters. The molecular formula is C15H19NO2. The molecule has 0 aliphatic rings. The van der Waals surface area contributed by atoms with Crippen LogP contribution in [-0.4, -0.2) is 12.5 Å². The zero-order valence-corrected chi connectivity index (χ0v) is 11.0. The lowest BCUT2D eigenvalue weighted by molar-refractivity contribution is 0.0926. The van der Waals surface area contributed by atoms with Gasteiger partial charge in [-0.25, -0.2) is 0 Å². The number of furan rings is 1. The Morgan fingerprint density at radius 3 is 2.78 bits per heavy atom.